The number of ether oxygens (including phenoxy) is 1. The molecule has 0 bridgehead atoms. The molecule has 1 fully saturated rings. The van der Waals surface area contributed by atoms with E-state index in [1.165, 1.54) is 29.5 Å². The van der Waals surface area contributed by atoms with Gasteiger partial charge in [0.05, 0.1) is 6.61 Å². The normalized spacial score (nSPS) is 14.5. The summed E-state index contributed by atoms with van der Waals surface area (Å²) >= 11 is 0. The maximum atomic E-state index is 5.11. The van der Waals surface area contributed by atoms with Crippen molar-refractivity contribution >= 4 is 0 Å². The highest BCUT2D eigenvalue weighted by Crippen LogP contribution is 2.20. The van der Waals surface area contributed by atoms with Gasteiger partial charge in [0.25, 0.3) is 0 Å². The third kappa shape index (κ3) is 4.46. The first-order chi connectivity index (χ1) is 7.79. The lowest BCUT2D eigenvalue weighted by Gasteiger charge is -2.09. The van der Waals surface area contributed by atoms with Crippen molar-refractivity contribution in [1.29, 1.82) is 0 Å². The summed E-state index contributed by atoms with van der Waals surface area (Å²) < 4.78 is 5.11. The van der Waals surface area contributed by atoms with Gasteiger partial charge in [0, 0.05) is 19.7 Å². The minimum absolute atomic E-state index is 0. The Kier molecular flexibility index (Phi) is 5.62. The van der Waals surface area contributed by atoms with Crippen LogP contribution in [-0.2, 0) is 17.7 Å². The second-order valence-electron chi connectivity index (χ2n) is 4.66. The fourth-order valence-corrected chi connectivity index (χ4v) is 1.83. The Morgan fingerprint density at radius 1 is 1.35 bits per heavy atom. The molecule has 96 valence electrons. The van der Waals surface area contributed by atoms with Crippen molar-refractivity contribution in [3.8, 4) is 0 Å². The molecule has 0 spiro atoms. The predicted octanol–water partition coefficient (Wildman–Crippen LogP) is 2.60. The van der Waals surface area contributed by atoms with E-state index in [1.807, 2.05) is 0 Å². The molecule has 0 saturated heterocycles. The molecule has 1 aliphatic rings. The third-order valence-corrected chi connectivity index (χ3v) is 3.17. The van der Waals surface area contributed by atoms with E-state index in [0.29, 0.717) is 0 Å². The molecule has 3 nitrogen and oxygen atoms in total. The van der Waals surface area contributed by atoms with E-state index < -0.39 is 0 Å². The van der Waals surface area contributed by atoms with E-state index >= 15 is 0 Å². The van der Waals surface area contributed by atoms with Gasteiger partial charge in [-0.15, -0.1) is 0 Å². The molecular weight excluding hydrogens is 212 g/mol. The van der Waals surface area contributed by atoms with Gasteiger partial charge in [-0.1, -0.05) is 18.2 Å². The zero-order chi connectivity index (χ0) is 11.4. The molecule has 0 aliphatic heterocycles. The van der Waals surface area contributed by atoms with Crippen LogP contribution in [0.25, 0.3) is 0 Å². The van der Waals surface area contributed by atoms with Gasteiger partial charge in [0.15, 0.2) is 0 Å². The van der Waals surface area contributed by atoms with Gasteiger partial charge < -0.3 is 16.2 Å². The van der Waals surface area contributed by atoms with Gasteiger partial charge >= 0.3 is 0 Å². The molecule has 0 radical (unpaired) electrons. The molecule has 1 saturated carbocycles. The van der Waals surface area contributed by atoms with Crippen LogP contribution in [-0.4, -0.2) is 19.8 Å². The molecule has 0 amide bonds. The lowest BCUT2D eigenvalue weighted by atomic mass is 10.0. The first kappa shape index (κ1) is 14.2. The van der Waals surface area contributed by atoms with E-state index in [2.05, 4.69) is 30.4 Å². The van der Waals surface area contributed by atoms with Gasteiger partial charge in [-0.25, -0.2) is 0 Å². The second kappa shape index (κ2) is 6.74. The summed E-state index contributed by atoms with van der Waals surface area (Å²) in [7, 11) is 1.75. The predicted molar refractivity (Wildman–Crippen MR) is 71.6 cm³/mol. The monoisotopic (exact) mass is 236 g/mol. The summed E-state index contributed by atoms with van der Waals surface area (Å²) in [5, 5.41) is 3.57. The maximum Gasteiger partial charge on any atom is 0.0502 e. The van der Waals surface area contributed by atoms with Crippen LogP contribution < -0.4 is 11.5 Å². The average molecular weight is 236 g/mol. The molecule has 17 heavy (non-hydrogen) atoms. The molecule has 4 N–H and O–H groups in total. The Morgan fingerprint density at radius 3 is 2.76 bits per heavy atom. The lowest BCUT2D eigenvalue weighted by molar-refractivity contribution is 0.202. The highest BCUT2D eigenvalue weighted by atomic mass is 16.5. The largest absolute Gasteiger partial charge is 0.384 e. The Bertz CT molecular complexity index is 348. The zero-order valence-corrected chi connectivity index (χ0v) is 11.0. The molecule has 1 aliphatic carbocycles. The molecule has 0 unspecified atom stereocenters. The van der Waals surface area contributed by atoms with Gasteiger partial charge in [-0.3, -0.25) is 0 Å². The van der Waals surface area contributed by atoms with Crippen LogP contribution in [0.4, 0.5) is 0 Å². The van der Waals surface area contributed by atoms with E-state index in [-0.39, 0.29) is 6.15 Å². The van der Waals surface area contributed by atoms with Crippen LogP contribution in [0, 0.1) is 6.92 Å². The Labute approximate surface area is 104 Å². The van der Waals surface area contributed by atoms with Gasteiger partial charge in [0.2, 0.25) is 0 Å². The van der Waals surface area contributed by atoms with Crippen LogP contribution in [0.3, 0.4) is 0 Å². The maximum absolute atomic E-state index is 5.11. The first-order valence-corrected chi connectivity index (χ1v) is 6.10. The topological polar surface area (TPSA) is 56.3 Å². The minimum atomic E-state index is 0. The lowest BCUT2D eigenvalue weighted by Crippen LogP contribution is -2.16. The standard InChI is InChI=1S/C14H21NO.H3N/c1-11-3-4-12(7-8-16-2)9-13(11)10-15-14-5-6-14;/h3-4,9,14-15H,5-8,10H2,1-2H3;1H3. The van der Waals surface area contributed by atoms with Crippen molar-refractivity contribution in [3.05, 3.63) is 34.9 Å². The van der Waals surface area contributed by atoms with Crippen LogP contribution in [0.15, 0.2) is 18.2 Å². The molecule has 0 aromatic heterocycles. The van der Waals surface area contributed by atoms with Crippen molar-refractivity contribution in [1.82, 2.24) is 11.5 Å². The minimum Gasteiger partial charge on any atom is -0.384 e. The molecular formula is C14H24N2O. The number of benzene rings is 1. The van der Waals surface area contributed by atoms with E-state index in [4.69, 9.17) is 4.74 Å². The number of rotatable bonds is 6. The quantitative estimate of drug-likeness (QED) is 0.798. The average Bonchev–Trinajstić information content (AvgIpc) is 3.10. The number of hydrogen-bond donors (Lipinski definition) is 2. The Balaban J connectivity index is 0.00000144. The fourth-order valence-electron chi connectivity index (χ4n) is 1.83. The van der Waals surface area contributed by atoms with Crippen LogP contribution in [0.2, 0.25) is 0 Å². The van der Waals surface area contributed by atoms with E-state index in [9.17, 15) is 0 Å². The van der Waals surface area contributed by atoms with Crippen molar-refractivity contribution in [2.24, 2.45) is 0 Å². The highest BCUT2D eigenvalue weighted by Gasteiger charge is 2.20. The van der Waals surface area contributed by atoms with E-state index in [1.54, 1.807) is 7.11 Å². The summed E-state index contributed by atoms with van der Waals surface area (Å²) in [5.74, 6) is 0. The third-order valence-electron chi connectivity index (χ3n) is 3.17. The number of hydrogen-bond acceptors (Lipinski definition) is 3. The smallest absolute Gasteiger partial charge is 0.0502 e. The van der Waals surface area contributed by atoms with Gasteiger partial charge in [-0.05, 0) is 42.9 Å². The van der Waals surface area contributed by atoms with E-state index in [0.717, 1.165) is 25.6 Å². The molecule has 1 aromatic rings. The van der Waals surface area contributed by atoms with Crippen molar-refractivity contribution < 1.29 is 4.74 Å². The van der Waals surface area contributed by atoms with Crippen molar-refractivity contribution in [2.75, 3.05) is 13.7 Å². The Morgan fingerprint density at radius 2 is 2.12 bits per heavy atom. The summed E-state index contributed by atoms with van der Waals surface area (Å²) in [6.07, 6.45) is 3.71. The highest BCUT2D eigenvalue weighted by molar-refractivity contribution is 5.31. The van der Waals surface area contributed by atoms with Gasteiger partial charge in [-0.2, -0.15) is 0 Å². The fraction of sp³-hybridized carbons (Fsp3) is 0.571. The molecule has 3 heteroatoms. The molecule has 0 heterocycles. The van der Waals surface area contributed by atoms with Crippen molar-refractivity contribution in [2.45, 2.75) is 38.8 Å². The summed E-state index contributed by atoms with van der Waals surface area (Å²) in [4.78, 5) is 0. The first-order valence-electron chi connectivity index (χ1n) is 6.10. The summed E-state index contributed by atoms with van der Waals surface area (Å²) in [6.45, 7) is 4.00. The number of methoxy groups -OCH3 is 1. The van der Waals surface area contributed by atoms with Crippen LogP contribution in [0.5, 0.6) is 0 Å². The number of nitrogens with one attached hydrogen (secondary N) is 1. The molecule has 0 atom stereocenters. The van der Waals surface area contributed by atoms with Crippen LogP contribution in [0.1, 0.15) is 29.5 Å². The molecule has 1 aromatic carbocycles. The SMILES string of the molecule is COCCc1ccc(C)c(CNC2CC2)c1.N. The van der Waals surface area contributed by atoms with Gasteiger partial charge in [0.1, 0.15) is 0 Å². The zero-order valence-electron chi connectivity index (χ0n) is 11.0. The number of aryl methyl sites for hydroxylation is 1. The Hall–Kier alpha value is -0.900. The summed E-state index contributed by atoms with van der Waals surface area (Å²) in [6, 6.07) is 7.51. The van der Waals surface area contributed by atoms with Crippen molar-refractivity contribution in [3.63, 3.8) is 0 Å². The van der Waals surface area contributed by atoms with Crippen LogP contribution >= 0.6 is 0 Å². The second-order valence-corrected chi connectivity index (χ2v) is 4.66. The summed E-state index contributed by atoms with van der Waals surface area (Å²) in [5.41, 5.74) is 4.19. The molecule has 2 rings (SSSR count).